The number of Topliss-reactive ketones (excluding diaryl/α,β-unsaturated/α-hetero) is 1. The maximum Gasteiger partial charge on any atom is 0.177 e. The molecule has 1 aromatic rings. The summed E-state index contributed by atoms with van der Waals surface area (Å²) >= 11 is 3.07. The molecule has 0 aliphatic heterocycles. The van der Waals surface area contributed by atoms with Crippen LogP contribution in [0.1, 0.15) is 21.5 Å². The molecule has 1 rings (SSSR count). The van der Waals surface area contributed by atoms with Gasteiger partial charge in [-0.2, -0.15) is 0 Å². The van der Waals surface area contributed by atoms with Crippen LogP contribution in [0.2, 0.25) is 0 Å². The van der Waals surface area contributed by atoms with Gasteiger partial charge in [0.05, 0.1) is 10.9 Å². The van der Waals surface area contributed by atoms with Crippen molar-refractivity contribution in [2.24, 2.45) is 0 Å². The topological polar surface area (TPSA) is 37.3 Å². The van der Waals surface area contributed by atoms with E-state index in [-0.39, 0.29) is 16.9 Å². The average Bonchev–Trinajstić information content (AvgIpc) is 2.10. The van der Waals surface area contributed by atoms with Crippen molar-refractivity contribution in [1.29, 1.82) is 0 Å². The van der Waals surface area contributed by atoms with Crippen molar-refractivity contribution in [1.82, 2.24) is 0 Å². The van der Waals surface area contributed by atoms with Crippen LogP contribution in [0, 0.1) is 13.8 Å². The Morgan fingerprint density at radius 3 is 2.46 bits per heavy atom. The smallest absolute Gasteiger partial charge is 0.177 e. The van der Waals surface area contributed by atoms with Gasteiger partial charge in [0, 0.05) is 0 Å². The molecule has 1 aromatic carbocycles. The summed E-state index contributed by atoms with van der Waals surface area (Å²) in [5.41, 5.74) is 2.39. The summed E-state index contributed by atoms with van der Waals surface area (Å²) in [5.74, 6) is -0.0341. The van der Waals surface area contributed by atoms with Gasteiger partial charge in [-0.3, -0.25) is 4.79 Å². The fraction of sp³-hybridized carbons (Fsp3) is 0.300. The Labute approximate surface area is 85.7 Å². The van der Waals surface area contributed by atoms with Gasteiger partial charge in [0.15, 0.2) is 5.78 Å². The van der Waals surface area contributed by atoms with Crippen LogP contribution in [0.5, 0.6) is 5.75 Å². The number of ketones is 1. The molecule has 0 aliphatic rings. The van der Waals surface area contributed by atoms with Crippen molar-refractivity contribution in [2.75, 3.05) is 5.33 Å². The van der Waals surface area contributed by atoms with Crippen molar-refractivity contribution in [3.63, 3.8) is 0 Å². The highest BCUT2D eigenvalue weighted by Gasteiger charge is 2.10. The maximum absolute atomic E-state index is 11.3. The molecule has 0 aromatic heterocycles. The summed E-state index contributed by atoms with van der Waals surface area (Å²) in [6, 6.07) is 3.33. The largest absolute Gasteiger partial charge is 0.507 e. The molecule has 2 nitrogen and oxygen atoms in total. The molecule has 0 spiro atoms. The van der Waals surface area contributed by atoms with Crippen LogP contribution in [-0.2, 0) is 0 Å². The van der Waals surface area contributed by atoms with Gasteiger partial charge in [0.2, 0.25) is 0 Å². The Morgan fingerprint density at radius 2 is 1.92 bits per heavy atom. The fourth-order valence-corrected chi connectivity index (χ4v) is 1.40. The molecule has 0 heterocycles. The maximum atomic E-state index is 11.3. The third kappa shape index (κ3) is 2.10. The third-order valence-electron chi connectivity index (χ3n) is 2.03. The lowest BCUT2D eigenvalue weighted by Crippen LogP contribution is -2.01. The van der Waals surface area contributed by atoms with Gasteiger partial charge >= 0.3 is 0 Å². The van der Waals surface area contributed by atoms with Crippen LogP contribution in [0.15, 0.2) is 12.1 Å². The zero-order valence-corrected chi connectivity index (χ0v) is 9.18. The molecule has 3 heteroatoms. The molecular weight excluding hydrogens is 232 g/mol. The zero-order chi connectivity index (χ0) is 10.0. The van der Waals surface area contributed by atoms with Crippen LogP contribution in [0.3, 0.4) is 0 Å². The first-order chi connectivity index (χ1) is 6.06. The number of phenolic OH excluding ortho intramolecular Hbond substituents is 1. The van der Waals surface area contributed by atoms with Crippen molar-refractivity contribution < 1.29 is 9.90 Å². The molecule has 1 N–H and O–H groups in total. The Hall–Kier alpha value is -0.830. The lowest BCUT2D eigenvalue weighted by Gasteiger charge is -2.05. The summed E-state index contributed by atoms with van der Waals surface area (Å²) in [7, 11) is 0. The third-order valence-corrected chi connectivity index (χ3v) is 2.54. The highest BCUT2D eigenvalue weighted by molar-refractivity contribution is 9.09. The second-order valence-electron chi connectivity index (χ2n) is 3.01. The van der Waals surface area contributed by atoms with Crippen molar-refractivity contribution in [3.8, 4) is 5.75 Å². The number of carbonyl (C=O) groups is 1. The van der Waals surface area contributed by atoms with Crippen LogP contribution in [0.25, 0.3) is 0 Å². The van der Waals surface area contributed by atoms with E-state index in [4.69, 9.17) is 0 Å². The Morgan fingerprint density at radius 1 is 1.38 bits per heavy atom. The van der Waals surface area contributed by atoms with E-state index in [2.05, 4.69) is 15.9 Å². The molecule has 0 amide bonds. The van der Waals surface area contributed by atoms with Gasteiger partial charge in [0.25, 0.3) is 0 Å². The number of hydrogen-bond donors (Lipinski definition) is 1. The van der Waals surface area contributed by atoms with E-state index < -0.39 is 0 Å². The van der Waals surface area contributed by atoms with Crippen LogP contribution < -0.4 is 0 Å². The second-order valence-corrected chi connectivity index (χ2v) is 3.57. The molecule has 0 saturated heterocycles. The minimum atomic E-state index is -0.0967. The number of alkyl halides is 1. The van der Waals surface area contributed by atoms with Gasteiger partial charge in [-0.15, -0.1) is 0 Å². The van der Waals surface area contributed by atoms with Crippen LogP contribution >= 0.6 is 15.9 Å². The summed E-state index contributed by atoms with van der Waals surface area (Å²) in [6.07, 6.45) is 0. The number of benzene rings is 1. The van der Waals surface area contributed by atoms with E-state index in [1.807, 2.05) is 13.8 Å². The predicted octanol–water partition coefficient (Wildman–Crippen LogP) is 2.59. The summed E-state index contributed by atoms with van der Waals surface area (Å²) in [4.78, 5) is 11.3. The molecule has 0 unspecified atom stereocenters. The van der Waals surface area contributed by atoms with Gasteiger partial charge in [-0.25, -0.2) is 0 Å². The SMILES string of the molecule is Cc1cc(O)c(C(=O)CBr)cc1C. The summed E-state index contributed by atoms with van der Waals surface area (Å²) < 4.78 is 0. The summed E-state index contributed by atoms with van der Waals surface area (Å²) in [6.45, 7) is 3.82. The quantitative estimate of drug-likeness (QED) is 0.640. The van der Waals surface area contributed by atoms with Crippen LogP contribution in [-0.4, -0.2) is 16.2 Å². The monoisotopic (exact) mass is 242 g/mol. The summed E-state index contributed by atoms with van der Waals surface area (Å²) in [5, 5.41) is 9.71. The Bertz CT molecular complexity index is 345. The van der Waals surface area contributed by atoms with E-state index in [1.54, 1.807) is 12.1 Å². The number of hydrogen-bond acceptors (Lipinski definition) is 2. The van der Waals surface area contributed by atoms with E-state index >= 15 is 0 Å². The number of carbonyl (C=O) groups excluding carboxylic acids is 1. The minimum absolute atomic E-state index is 0.0625. The van der Waals surface area contributed by atoms with E-state index in [9.17, 15) is 9.90 Å². The molecule has 0 saturated carbocycles. The Balaban J connectivity index is 3.23. The van der Waals surface area contributed by atoms with Gasteiger partial charge in [-0.05, 0) is 37.1 Å². The van der Waals surface area contributed by atoms with Gasteiger partial charge < -0.3 is 5.11 Å². The molecule has 0 radical (unpaired) electrons. The lowest BCUT2D eigenvalue weighted by atomic mass is 10.0. The number of phenols is 1. The van der Waals surface area contributed by atoms with Crippen LogP contribution in [0.4, 0.5) is 0 Å². The molecule has 0 fully saturated rings. The minimum Gasteiger partial charge on any atom is -0.507 e. The number of aryl methyl sites for hydroxylation is 2. The average molecular weight is 243 g/mol. The van der Waals surface area contributed by atoms with E-state index in [0.717, 1.165) is 11.1 Å². The van der Waals surface area contributed by atoms with Gasteiger partial charge in [0.1, 0.15) is 5.75 Å². The molecule has 70 valence electrons. The fourth-order valence-electron chi connectivity index (χ4n) is 1.10. The predicted molar refractivity (Wildman–Crippen MR) is 55.7 cm³/mol. The van der Waals surface area contributed by atoms with Crippen molar-refractivity contribution in [2.45, 2.75) is 13.8 Å². The molecule has 0 aliphatic carbocycles. The zero-order valence-electron chi connectivity index (χ0n) is 7.60. The molecule has 0 atom stereocenters. The normalized spacial score (nSPS) is 10.1. The first kappa shape index (κ1) is 10.3. The van der Waals surface area contributed by atoms with Crippen molar-refractivity contribution in [3.05, 3.63) is 28.8 Å². The first-order valence-electron chi connectivity index (χ1n) is 3.95. The highest BCUT2D eigenvalue weighted by Crippen LogP contribution is 2.22. The standard InChI is InChI=1S/C10H11BrO2/c1-6-3-8(10(13)5-11)9(12)4-7(6)2/h3-4,12H,5H2,1-2H3. The highest BCUT2D eigenvalue weighted by atomic mass is 79.9. The van der Waals surface area contributed by atoms with Gasteiger partial charge in [-0.1, -0.05) is 15.9 Å². The van der Waals surface area contributed by atoms with Crippen molar-refractivity contribution >= 4 is 21.7 Å². The number of halogens is 1. The lowest BCUT2D eigenvalue weighted by molar-refractivity contribution is 0.102. The Kier molecular flexibility index (Phi) is 3.09. The molecule has 0 bridgehead atoms. The molecular formula is C10H11BrO2. The number of rotatable bonds is 2. The second kappa shape index (κ2) is 3.92. The molecule has 13 heavy (non-hydrogen) atoms. The van der Waals surface area contributed by atoms with E-state index in [0.29, 0.717) is 5.56 Å². The first-order valence-corrected chi connectivity index (χ1v) is 5.07. The van der Waals surface area contributed by atoms with E-state index in [1.165, 1.54) is 0 Å². The number of aromatic hydroxyl groups is 1.